The molecule has 2 N–H and O–H groups in total. The van der Waals surface area contributed by atoms with E-state index in [2.05, 4.69) is 12.8 Å². The molecule has 4 nitrogen and oxygen atoms in total. The lowest BCUT2D eigenvalue weighted by Crippen LogP contribution is -2.58. The van der Waals surface area contributed by atoms with Crippen LogP contribution in [0.3, 0.4) is 0 Å². The topological polar surface area (TPSA) is 66.8 Å². The van der Waals surface area contributed by atoms with Crippen LogP contribution in [-0.4, -0.2) is 27.3 Å². The van der Waals surface area contributed by atoms with Crippen molar-refractivity contribution >= 4 is 5.78 Å². The molecule has 0 aromatic carbocycles. The number of hydrogen-bond acceptors (Lipinski definition) is 4. The van der Waals surface area contributed by atoms with Gasteiger partial charge in [-0.15, -0.1) is 6.42 Å². The zero-order valence-electron chi connectivity index (χ0n) is 14.3. The molecule has 4 rings (SSSR count). The highest BCUT2D eigenvalue weighted by atomic mass is 17.1. The SMILES string of the molecule is C#C[C@]1(O)CC[C@@H]2[C@@H]3CCC4=CC(=O)CC[C@]4(OO)[C@H]3CC[C@]21C. The smallest absolute Gasteiger partial charge is 0.155 e. The summed E-state index contributed by atoms with van der Waals surface area (Å²) < 4.78 is 0. The van der Waals surface area contributed by atoms with E-state index in [-0.39, 0.29) is 17.1 Å². The first-order valence-corrected chi connectivity index (χ1v) is 9.17. The van der Waals surface area contributed by atoms with Gasteiger partial charge in [0, 0.05) is 11.8 Å². The lowest BCUT2D eigenvalue weighted by atomic mass is 9.49. The number of carbonyl (C=O) groups is 1. The van der Waals surface area contributed by atoms with Gasteiger partial charge in [-0.3, -0.25) is 10.1 Å². The minimum Gasteiger partial charge on any atom is -0.377 e. The molecule has 3 saturated carbocycles. The summed E-state index contributed by atoms with van der Waals surface area (Å²) >= 11 is 0. The summed E-state index contributed by atoms with van der Waals surface area (Å²) in [6, 6.07) is 0. The first-order valence-electron chi connectivity index (χ1n) is 9.17. The Hall–Kier alpha value is -1.15. The largest absolute Gasteiger partial charge is 0.377 e. The molecule has 4 aliphatic carbocycles. The molecule has 0 spiro atoms. The first-order chi connectivity index (χ1) is 11.4. The Morgan fingerprint density at radius 1 is 1.21 bits per heavy atom. The van der Waals surface area contributed by atoms with Gasteiger partial charge in [-0.05, 0) is 74.3 Å². The maximum Gasteiger partial charge on any atom is 0.155 e. The molecular weight excluding hydrogens is 304 g/mol. The third kappa shape index (κ3) is 1.84. The van der Waals surface area contributed by atoms with Crippen molar-refractivity contribution in [1.82, 2.24) is 0 Å². The standard InChI is InChI=1S/C20H26O4/c1-3-19(22)10-8-16-15-5-4-13-12-14(21)6-11-20(13,24-23)17(15)7-9-18(16,19)2/h1,12,15-17,22-23H,4-11H2,2H3/t15-,16+,17-,18+,19-,20+/m0/s1. The van der Waals surface area contributed by atoms with E-state index in [9.17, 15) is 15.2 Å². The highest BCUT2D eigenvalue weighted by Crippen LogP contribution is 2.65. The van der Waals surface area contributed by atoms with Crippen LogP contribution in [0.4, 0.5) is 0 Å². The van der Waals surface area contributed by atoms with E-state index in [0.29, 0.717) is 31.1 Å². The fourth-order valence-corrected chi connectivity index (χ4v) is 6.58. The van der Waals surface area contributed by atoms with Crippen LogP contribution in [0.25, 0.3) is 0 Å². The van der Waals surface area contributed by atoms with E-state index < -0.39 is 11.2 Å². The molecule has 24 heavy (non-hydrogen) atoms. The summed E-state index contributed by atoms with van der Waals surface area (Å²) in [6.45, 7) is 2.14. The number of aliphatic hydroxyl groups is 1. The van der Waals surface area contributed by atoms with Crippen LogP contribution in [0, 0.1) is 35.5 Å². The summed E-state index contributed by atoms with van der Waals surface area (Å²) in [5, 5.41) is 20.8. The molecule has 0 aromatic rings. The van der Waals surface area contributed by atoms with Crippen molar-refractivity contribution in [3.63, 3.8) is 0 Å². The average molecular weight is 330 g/mol. The number of terminal acetylenes is 1. The van der Waals surface area contributed by atoms with Crippen LogP contribution in [0.5, 0.6) is 0 Å². The number of carbonyl (C=O) groups excluding carboxylic acids is 1. The van der Waals surface area contributed by atoms with Crippen molar-refractivity contribution < 1.29 is 20.0 Å². The summed E-state index contributed by atoms with van der Waals surface area (Å²) in [7, 11) is 0. The van der Waals surface area contributed by atoms with Crippen molar-refractivity contribution in [3.05, 3.63) is 11.6 Å². The van der Waals surface area contributed by atoms with E-state index in [1.807, 2.05) is 0 Å². The van der Waals surface area contributed by atoms with Gasteiger partial charge in [0.1, 0.15) is 11.2 Å². The van der Waals surface area contributed by atoms with Gasteiger partial charge in [0.05, 0.1) is 0 Å². The maximum absolute atomic E-state index is 11.8. The monoisotopic (exact) mass is 330 g/mol. The quantitative estimate of drug-likeness (QED) is 0.440. The average Bonchev–Trinajstić information content (AvgIpc) is 2.86. The minimum atomic E-state index is -1.02. The van der Waals surface area contributed by atoms with Gasteiger partial charge in [-0.2, -0.15) is 0 Å². The highest BCUT2D eigenvalue weighted by molar-refractivity contribution is 5.92. The highest BCUT2D eigenvalue weighted by Gasteiger charge is 2.65. The van der Waals surface area contributed by atoms with Crippen molar-refractivity contribution in [2.45, 2.75) is 69.5 Å². The molecule has 3 fully saturated rings. The first kappa shape index (κ1) is 16.3. The summed E-state index contributed by atoms with van der Waals surface area (Å²) in [5.41, 5.74) is -1.01. The predicted octanol–water partition coefficient (Wildman–Crippen LogP) is 3.10. The molecular formula is C20H26O4. The lowest BCUT2D eigenvalue weighted by molar-refractivity contribution is -0.342. The third-order valence-corrected chi connectivity index (χ3v) is 7.96. The second kappa shape index (κ2) is 5.17. The molecule has 0 aliphatic heterocycles. The molecule has 0 amide bonds. The molecule has 0 unspecified atom stereocenters. The van der Waals surface area contributed by atoms with Crippen LogP contribution in [-0.2, 0) is 9.68 Å². The molecule has 0 heterocycles. The summed E-state index contributed by atoms with van der Waals surface area (Å²) in [6.07, 6.45) is 13.5. The van der Waals surface area contributed by atoms with E-state index in [0.717, 1.165) is 37.7 Å². The Kier molecular flexibility index (Phi) is 3.52. The molecule has 0 bridgehead atoms. The van der Waals surface area contributed by atoms with Gasteiger partial charge >= 0.3 is 0 Å². The van der Waals surface area contributed by atoms with E-state index >= 15 is 0 Å². The van der Waals surface area contributed by atoms with Gasteiger partial charge in [0.25, 0.3) is 0 Å². The van der Waals surface area contributed by atoms with Crippen molar-refractivity contribution in [3.8, 4) is 12.3 Å². The van der Waals surface area contributed by atoms with Crippen molar-refractivity contribution in [1.29, 1.82) is 0 Å². The third-order valence-electron chi connectivity index (χ3n) is 7.96. The molecule has 0 aromatic heterocycles. The molecule has 0 saturated heterocycles. The fraction of sp³-hybridized carbons (Fsp3) is 0.750. The van der Waals surface area contributed by atoms with Crippen LogP contribution in [0.2, 0.25) is 0 Å². The molecule has 130 valence electrons. The number of fused-ring (bicyclic) bond motifs is 5. The van der Waals surface area contributed by atoms with Crippen molar-refractivity contribution in [2.75, 3.05) is 0 Å². The Morgan fingerprint density at radius 3 is 2.67 bits per heavy atom. The van der Waals surface area contributed by atoms with Gasteiger partial charge in [-0.25, -0.2) is 4.89 Å². The van der Waals surface area contributed by atoms with Crippen LogP contribution in [0.15, 0.2) is 11.6 Å². The number of hydrogen-bond donors (Lipinski definition) is 2. The van der Waals surface area contributed by atoms with Gasteiger partial charge < -0.3 is 5.11 Å². The van der Waals surface area contributed by atoms with E-state index in [4.69, 9.17) is 11.3 Å². The van der Waals surface area contributed by atoms with Crippen LogP contribution >= 0.6 is 0 Å². The zero-order valence-corrected chi connectivity index (χ0v) is 14.3. The Balaban J connectivity index is 1.72. The summed E-state index contributed by atoms with van der Waals surface area (Å²) in [5.74, 6) is 3.75. The fourth-order valence-electron chi connectivity index (χ4n) is 6.58. The lowest BCUT2D eigenvalue weighted by Gasteiger charge is -2.57. The van der Waals surface area contributed by atoms with E-state index in [1.165, 1.54) is 0 Å². The van der Waals surface area contributed by atoms with Gasteiger partial charge in [0.15, 0.2) is 5.78 Å². The zero-order chi connectivity index (χ0) is 17.2. The molecule has 6 atom stereocenters. The van der Waals surface area contributed by atoms with E-state index in [1.54, 1.807) is 6.08 Å². The molecule has 4 aliphatic rings. The van der Waals surface area contributed by atoms with Crippen LogP contribution < -0.4 is 0 Å². The second-order valence-electron chi connectivity index (χ2n) is 8.53. The molecule has 4 heteroatoms. The second-order valence-corrected chi connectivity index (χ2v) is 8.53. The normalized spacial score (nSPS) is 50.3. The Bertz CT molecular complexity index is 647. The molecule has 0 radical (unpaired) electrons. The predicted molar refractivity (Wildman–Crippen MR) is 88.8 cm³/mol. The maximum atomic E-state index is 11.8. The van der Waals surface area contributed by atoms with Crippen molar-refractivity contribution in [2.24, 2.45) is 23.2 Å². The number of rotatable bonds is 1. The number of ketones is 1. The van der Waals surface area contributed by atoms with Gasteiger partial charge in [0.2, 0.25) is 0 Å². The Morgan fingerprint density at radius 2 is 1.96 bits per heavy atom. The summed E-state index contributed by atoms with van der Waals surface area (Å²) in [4.78, 5) is 17.0. The minimum absolute atomic E-state index is 0.138. The van der Waals surface area contributed by atoms with Crippen LogP contribution in [0.1, 0.15) is 58.3 Å². The Labute approximate surface area is 143 Å². The van der Waals surface area contributed by atoms with Gasteiger partial charge in [-0.1, -0.05) is 12.8 Å².